The van der Waals surface area contributed by atoms with Crippen LogP contribution < -0.4 is 4.74 Å². The molecule has 4 aromatic rings. The van der Waals surface area contributed by atoms with Gasteiger partial charge in [-0.25, -0.2) is 4.79 Å². The molecule has 0 radical (unpaired) electrons. The van der Waals surface area contributed by atoms with E-state index < -0.39 is 36.7 Å². The molecule has 1 aliphatic heterocycles. The molecular weight excluding hydrogens is 508 g/mol. The number of hydrogen-bond acceptors (Lipinski definition) is 6. The summed E-state index contributed by atoms with van der Waals surface area (Å²) in [6.45, 7) is 0.656. The molecule has 1 saturated heterocycles. The van der Waals surface area contributed by atoms with Crippen molar-refractivity contribution in [2.75, 3.05) is 0 Å². The summed E-state index contributed by atoms with van der Waals surface area (Å²) in [5.41, 5.74) is 2.78. The van der Waals surface area contributed by atoms with Crippen molar-refractivity contribution < 1.29 is 33.6 Å². The molecule has 7 nitrogen and oxygen atoms in total. The first-order valence-corrected chi connectivity index (χ1v) is 13.2. The standard InChI is InChI=1S/C33H32O7/c34-32(35)30-28(36-21-24-13-5-1-6-14-24)29(37-22-25-15-7-2-8-16-25)31(38-23-26-17-9-3-10-18-26)33(40-30)39-27-19-11-4-12-20-27/h1-20,28-31,33H,21-23H2,(H,34,35)/t28-,29-,30-,31-,33-/m0/s1. The number of carboxylic acid groups (broad SMARTS) is 1. The molecule has 5 rings (SSSR count). The van der Waals surface area contributed by atoms with E-state index in [1.54, 1.807) is 12.1 Å². The van der Waals surface area contributed by atoms with Crippen LogP contribution in [0.3, 0.4) is 0 Å². The quantitative estimate of drug-likeness (QED) is 0.249. The molecule has 0 bridgehead atoms. The van der Waals surface area contributed by atoms with E-state index in [0.717, 1.165) is 16.7 Å². The van der Waals surface area contributed by atoms with Crippen LogP contribution >= 0.6 is 0 Å². The lowest BCUT2D eigenvalue weighted by atomic mass is 9.97. The Morgan fingerprint density at radius 1 is 0.575 bits per heavy atom. The van der Waals surface area contributed by atoms with Crippen LogP contribution in [0.2, 0.25) is 0 Å². The Kier molecular flexibility index (Phi) is 9.55. The Bertz CT molecular complexity index is 1300. The van der Waals surface area contributed by atoms with Crippen LogP contribution in [0.5, 0.6) is 5.75 Å². The Hall–Kier alpha value is -4.01. The molecule has 1 fully saturated rings. The number of carboxylic acids is 1. The van der Waals surface area contributed by atoms with Crippen molar-refractivity contribution in [1.29, 1.82) is 0 Å². The van der Waals surface area contributed by atoms with E-state index in [9.17, 15) is 9.90 Å². The first-order chi connectivity index (χ1) is 19.7. The highest BCUT2D eigenvalue weighted by Crippen LogP contribution is 2.32. The minimum absolute atomic E-state index is 0.180. The topological polar surface area (TPSA) is 83.5 Å². The second-order valence-corrected chi connectivity index (χ2v) is 9.48. The average molecular weight is 541 g/mol. The van der Waals surface area contributed by atoms with Crippen LogP contribution in [0.15, 0.2) is 121 Å². The second kappa shape index (κ2) is 13.9. The van der Waals surface area contributed by atoms with Gasteiger partial charge in [-0.1, -0.05) is 109 Å². The van der Waals surface area contributed by atoms with Crippen LogP contribution in [-0.4, -0.2) is 41.8 Å². The highest BCUT2D eigenvalue weighted by atomic mass is 16.7. The fraction of sp³-hybridized carbons (Fsp3) is 0.242. The molecule has 0 saturated carbocycles. The van der Waals surface area contributed by atoms with E-state index in [1.807, 2.05) is 109 Å². The van der Waals surface area contributed by atoms with Crippen molar-refractivity contribution in [2.45, 2.75) is 50.5 Å². The molecule has 5 atom stereocenters. The Balaban J connectivity index is 1.47. The van der Waals surface area contributed by atoms with Gasteiger partial charge >= 0.3 is 5.97 Å². The maximum atomic E-state index is 12.5. The van der Waals surface area contributed by atoms with Gasteiger partial charge in [-0.2, -0.15) is 0 Å². The molecule has 7 heteroatoms. The highest BCUT2D eigenvalue weighted by Gasteiger charge is 2.52. The number of ether oxygens (including phenoxy) is 5. The van der Waals surface area contributed by atoms with E-state index in [4.69, 9.17) is 23.7 Å². The molecule has 0 unspecified atom stereocenters. The fourth-order valence-corrected chi connectivity index (χ4v) is 4.59. The van der Waals surface area contributed by atoms with Crippen molar-refractivity contribution >= 4 is 5.97 Å². The highest BCUT2D eigenvalue weighted by molar-refractivity contribution is 5.73. The largest absolute Gasteiger partial charge is 0.479 e. The van der Waals surface area contributed by atoms with Crippen LogP contribution in [0.4, 0.5) is 0 Å². The number of para-hydroxylation sites is 1. The SMILES string of the molecule is O=C(O)[C@H]1O[C@H](Oc2ccccc2)[C@@H](OCc2ccccc2)[C@@H](OCc2ccccc2)[C@@H]1OCc1ccccc1. The Morgan fingerprint density at radius 3 is 1.43 bits per heavy atom. The van der Waals surface area contributed by atoms with Crippen molar-refractivity contribution in [1.82, 2.24) is 0 Å². The van der Waals surface area contributed by atoms with Crippen LogP contribution in [0, 0.1) is 0 Å². The number of aliphatic carboxylic acids is 1. The van der Waals surface area contributed by atoms with Gasteiger partial charge in [0.2, 0.25) is 6.29 Å². The zero-order valence-electron chi connectivity index (χ0n) is 22.0. The van der Waals surface area contributed by atoms with Gasteiger partial charge in [0.1, 0.15) is 24.1 Å². The van der Waals surface area contributed by atoms with Gasteiger partial charge in [0, 0.05) is 0 Å². The third-order valence-corrected chi connectivity index (χ3v) is 6.59. The fourth-order valence-electron chi connectivity index (χ4n) is 4.59. The number of hydrogen-bond donors (Lipinski definition) is 1. The van der Waals surface area contributed by atoms with Gasteiger partial charge in [-0.15, -0.1) is 0 Å². The summed E-state index contributed by atoms with van der Waals surface area (Å²) in [5, 5.41) is 10.2. The molecular formula is C33H32O7. The maximum absolute atomic E-state index is 12.5. The summed E-state index contributed by atoms with van der Waals surface area (Å²) in [6.07, 6.45) is -5.02. The van der Waals surface area contributed by atoms with E-state index in [-0.39, 0.29) is 19.8 Å². The van der Waals surface area contributed by atoms with Gasteiger partial charge in [0.25, 0.3) is 0 Å². The number of carbonyl (C=O) groups is 1. The van der Waals surface area contributed by atoms with Crippen LogP contribution in [0.25, 0.3) is 0 Å². The summed E-state index contributed by atoms with van der Waals surface area (Å²) >= 11 is 0. The third kappa shape index (κ3) is 7.34. The molecule has 0 aromatic heterocycles. The zero-order chi connectivity index (χ0) is 27.6. The summed E-state index contributed by atoms with van der Waals surface area (Å²) in [7, 11) is 0. The summed E-state index contributed by atoms with van der Waals surface area (Å²) in [5.74, 6) is -0.648. The second-order valence-electron chi connectivity index (χ2n) is 9.48. The van der Waals surface area contributed by atoms with Crippen molar-refractivity contribution in [2.24, 2.45) is 0 Å². The molecule has 206 valence electrons. The third-order valence-electron chi connectivity index (χ3n) is 6.59. The minimum atomic E-state index is -1.35. The molecule has 0 amide bonds. The van der Waals surface area contributed by atoms with Gasteiger partial charge in [-0.3, -0.25) is 0 Å². The predicted molar refractivity (Wildman–Crippen MR) is 148 cm³/mol. The molecule has 4 aromatic carbocycles. The van der Waals surface area contributed by atoms with E-state index in [2.05, 4.69) is 0 Å². The normalized spacial score (nSPS) is 22.4. The summed E-state index contributed by atoms with van der Waals surface area (Å²) in [6, 6.07) is 38.1. The van der Waals surface area contributed by atoms with Crippen LogP contribution in [-0.2, 0) is 43.6 Å². The molecule has 1 aliphatic rings. The smallest absolute Gasteiger partial charge is 0.335 e. The molecule has 0 aliphatic carbocycles. The lowest BCUT2D eigenvalue weighted by Gasteiger charge is -2.44. The first kappa shape index (κ1) is 27.6. The molecule has 0 spiro atoms. The first-order valence-electron chi connectivity index (χ1n) is 13.2. The summed E-state index contributed by atoms with van der Waals surface area (Å²) in [4.78, 5) is 12.5. The van der Waals surface area contributed by atoms with Crippen molar-refractivity contribution in [3.05, 3.63) is 138 Å². The van der Waals surface area contributed by atoms with E-state index in [0.29, 0.717) is 5.75 Å². The Labute approximate surface area is 233 Å². The maximum Gasteiger partial charge on any atom is 0.335 e. The van der Waals surface area contributed by atoms with E-state index in [1.165, 1.54) is 0 Å². The zero-order valence-corrected chi connectivity index (χ0v) is 22.0. The lowest BCUT2D eigenvalue weighted by molar-refractivity contribution is -0.301. The van der Waals surface area contributed by atoms with Crippen LogP contribution in [0.1, 0.15) is 16.7 Å². The van der Waals surface area contributed by atoms with Gasteiger partial charge < -0.3 is 28.8 Å². The van der Waals surface area contributed by atoms with Crippen molar-refractivity contribution in [3.8, 4) is 5.75 Å². The average Bonchev–Trinajstić information content (AvgIpc) is 3.00. The molecule has 1 N–H and O–H groups in total. The van der Waals surface area contributed by atoms with Gasteiger partial charge in [0.15, 0.2) is 6.10 Å². The number of rotatable bonds is 12. The van der Waals surface area contributed by atoms with E-state index >= 15 is 0 Å². The Morgan fingerprint density at radius 2 is 0.975 bits per heavy atom. The lowest BCUT2D eigenvalue weighted by Crippen LogP contribution is -2.63. The van der Waals surface area contributed by atoms with Gasteiger partial charge in [0.05, 0.1) is 19.8 Å². The predicted octanol–water partition coefficient (Wildman–Crippen LogP) is 5.63. The van der Waals surface area contributed by atoms with Gasteiger partial charge in [-0.05, 0) is 28.8 Å². The number of benzene rings is 4. The molecule has 40 heavy (non-hydrogen) atoms. The molecule has 1 heterocycles. The minimum Gasteiger partial charge on any atom is -0.479 e. The summed E-state index contributed by atoms with van der Waals surface area (Å²) < 4.78 is 31.4. The monoisotopic (exact) mass is 540 g/mol. The van der Waals surface area contributed by atoms with Crippen molar-refractivity contribution in [3.63, 3.8) is 0 Å².